The first-order chi connectivity index (χ1) is 5.39. The zero-order valence-electron chi connectivity index (χ0n) is 7.20. The van der Waals surface area contributed by atoms with E-state index in [0.29, 0.717) is 0 Å². The van der Waals surface area contributed by atoms with Gasteiger partial charge in [-0.25, -0.2) is 4.57 Å². The Bertz CT molecular complexity index is 214. The van der Waals surface area contributed by atoms with Gasteiger partial charge in [-0.05, 0) is 0 Å². The summed E-state index contributed by atoms with van der Waals surface area (Å²) in [6, 6.07) is 0. The number of rotatable bonds is 3. The standard InChI is InChI=1S/C6H11O5P/c1-4-12(9,10-5(2)7)11-6(3)8/h4H2,1-3H3. The molecule has 0 saturated heterocycles. The van der Waals surface area contributed by atoms with Crippen LogP contribution in [0.3, 0.4) is 0 Å². The predicted octanol–water partition coefficient (Wildman–Crippen LogP) is 1.33. The Morgan fingerprint density at radius 3 is 1.67 bits per heavy atom. The van der Waals surface area contributed by atoms with Gasteiger partial charge < -0.3 is 9.05 Å². The van der Waals surface area contributed by atoms with Crippen LogP contribution in [-0.4, -0.2) is 18.1 Å². The average Bonchev–Trinajstić information content (AvgIpc) is 1.83. The highest BCUT2D eigenvalue weighted by molar-refractivity contribution is 7.54. The molecule has 0 N–H and O–H groups in total. The molecule has 0 aliphatic rings. The lowest BCUT2D eigenvalue weighted by molar-refractivity contribution is -0.136. The van der Waals surface area contributed by atoms with Crippen molar-refractivity contribution < 1.29 is 23.2 Å². The normalized spacial score (nSPS) is 10.6. The molecule has 0 heterocycles. The van der Waals surface area contributed by atoms with Crippen LogP contribution in [0.1, 0.15) is 20.8 Å². The number of hydrogen-bond donors (Lipinski definition) is 0. The lowest BCUT2D eigenvalue weighted by atomic mass is 10.9. The molecule has 5 nitrogen and oxygen atoms in total. The molecule has 0 fully saturated rings. The molecule has 0 atom stereocenters. The molecule has 0 aromatic heterocycles. The summed E-state index contributed by atoms with van der Waals surface area (Å²) in [6.45, 7) is 3.71. The van der Waals surface area contributed by atoms with Gasteiger partial charge in [-0.3, -0.25) is 9.59 Å². The fourth-order valence-electron chi connectivity index (χ4n) is 0.539. The molecule has 70 valence electrons. The van der Waals surface area contributed by atoms with Crippen LogP contribution in [0.4, 0.5) is 0 Å². The molecule has 0 bridgehead atoms. The van der Waals surface area contributed by atoms with Gasteiger partial charge in [-0.15, -0.1) is 0 Å². The van der Waals surface area contributed by atoms with E-state index in [9.17, 15) is 14.2 Å². The van der Waals surface area contributed by atoms with Gasteiger partial charge in [0.1, 0.15) is 0 Å². The Labute approximate surface area is 70.6 Å². The van der Waals surface area contributed by atoms with E-state index in [1.54, 1.807) is 0 Å². The Morgan fingerprint density at radius 2 is 1.50 bits per heavy atom. The van der Waals surface area contributed by atoms with Crippen molar-refractivity contribution in [3.8, 4) is 0 Å². The highest BCUT2D eigenvalue weighted by atomic mass is 31.2. The van der Waals surface area contributed by atoms with E-state index in [0.717, 1.165) is 13.8 Å². The molecule has 0 amide bonds. The topological polar surface area (TPSA) is 69.7 Å². The van der Waals surface area contributed by atoms with E-state index in [1.165, 1.54) is 6.92 Å². The van der Waals surface area contributed by atoms with Crippen LogP contribution < -0.4 is 0 Å². The Kier molecular flexibility index (Phi) is 3.96. The molecule has 0 aromatic carbocycles. The van der Waals surface area contributed by atoms with Gasteiger partial charge in [0.05, 0.1) is 6.16 Å². The van der Waals surface area contributed by atoms with Crippen LogP contribution in [0.15, 0.2) is 0 Å². The summed E-state index contributed by atoms with van der Waals surface area (Å²) in [6.07, 6.45) is -0.00778. The van der Waals surface area contributed by atoms with Crippen molar-refractivity contribution in [2.75, 3.05) is 6.16 Å². The minimum Gasteiger partial charge on any atom is -0.383 e. The molecular formula is C6H11O5P. The second kappa shape index (κ2) is 4.26. The smallest absolute Gasteiger partial charge is 0.383 e. The third-order valence-corrected chi connectivity index (χ3v) is 2.77. The fourth-order valence-corrected chi connectivity index (χ4v) is 1.62. The van der Waals surface area contributed by atoms with Crippen molar-refractivity contribution >= 4 is 19.5 Å². The summed E-state index contributed by atoms with van der Waals surface area (Å²) in [5.74, 6) is -1.44. The Balaban J connectivity index is 4.35. The summed E-state index contributed by atoms with van der Waals surface area (Å²) >= 11 is 0. The van der Waals surface area contributed by atoms with Crippen molar-refractivity contribution in [3.63, 3.8) is 0 Å². The van der Waals surface area contributed by atoms with E-state index >= 15 is 0 Å². The summed E-state index contributed by atoms with van der Waals surface area (Å²) in [7, 11) is -3.51. The SMILES string of the molecule is CCP(=O)(OC(C)=O)OC(C)=O. The van der Waals surface area contributed by atoms with Crippen molar-refractivity contribution in [2.45, 2.75) is 20.8 Å². The van der Waals surface area contributed by atoms with Crippen molar-refractivity contribution in [1.29, 1.82) is 0 Å². The Hall–Kier alpha value is -0.830. The molecule has 0 radical (unpaired) electrons. The van der Waals surface area contributed by atoms with E-state index in [2.05, 4.69) is 9.05 Å². The van der Waals surface area contributed by atoms with Gasteiger partial charge in [-0.1, -0.05) is 6.92 Å². The quantitative estimate of drug-likeness (QED) is 0.633. The largest absolute Gasteiger partial charge is 0.434 e. The second-order valence-corrected chi connectivity index (χ2v) is 4.31. The van der Waals surface area contributed by atoms with Crippen molar-refractivity contribution in [3.05, 3.63) is 0 Å². The molecular weight excluding hydrogens is 183 g/mol. The van der Waals surface area contributed by atoms with Crippen LogP contribution in [0, 0.1) is 0 Å². The number of carbonyl (C=O) groups excluding carboxylic acids is 2. The molecule has 0 spiro atoms. The minimum atomic E-state index is -3.51. The third-order valence-electron chi connectivity index (χ3n) is 0.923. The molecule has 0 unspecified atom stereocenters. The first kappa shape index (κ1) is 11.2. The van der Waals surface area contributed by atoms with Crippen LogP contribution >= 0.6 is 7.60 Å². The summed E-state index contributed by atoms with van der Waals surface area (Å²) in [5, 5.41) is 0. The monoisotopic (exact) mass is 194 g/mol. The maximum atomic E-state index is 11.3. The fraction of sp³-hybridized carbons (Fsp3) is 0.667. The molecule has 0 saturated carbocycles. The summed E-state index contributed by atoms with van der Waals surface area (Å²) in [4.78, 5) is 20.8. The maximum absolute atomic E-state index is 11.3. The van der Waals surface area contributed by atoms with Gasteiger partial charge in [0, 0.05) is 13.8 Å². The minimum absolute atomic E-state index is 0.00778. The van der Waals surface area contributed by atoms with Gasteiger partial charge in [0.25, 0.3) is 0 Å². The van der Waals surface area contributed by atoms with E-state index in [4.69, 9.17) is 0 Å². The van der Waals surface area contributed by atoms with Gasteiger partial charge in [0.2, 0.25) is 0 Å². The van der Waals surface area contributed by atoms with E-state index in [1.807, 2.05) is 0 Å². The number of hydrogen-bond acceptors (Lipinski definition) is 5. The van der Waals surface area contributed by atoms with Crippen LogP contribution in [-0.2, 0) is 23.2 Å². The van der Waals surface area contributed by atoms with Crippen molar-refractivity contribution in [2.24, 2.45) is 0 Å². The number of carbonyl (C=O) groups is 2. The first-order valence-electron chi connectivity index (χ1n) is 3.39. The lowest BCUT2D eigenvalue weighted by Crippen LogP contribution is -2.05. The van der Waals surface area contributed by atoms with Gasteiger partial charge in [-0.2, -0.15) is 0 Å². The van der Waals surface area contributed by atoms with Crippen molar-refractivity contribution in [1.82, 2.24) is 0 Å². The first-order valence-corrected chi connectivity index (χ1v) is 5.12. The zero-order chi connectivity index (χ0) is 9.78. The highest BCUT2D eigenvalue weighted by Gasteiger charge is 2.27. The predicted molar refractivity (Wildman–Crippen MR) is 41.7 cm³/mol. The van der Waals surface area contributed by atoms with E-state index < -0.39 is 19.5 Å². The van der Waals surface area contributed by atoms with Crippen LogP contribution in [0.5, 0.6) is 0 Å². The third kappa shape index (κ3) is 4.13. The molecule has 0 rings (SSSR count). The maximum Gasteiger partial charge on any atom is 0.434 e. The molecule has 0 aliphatic heterocycles. The molecule has 12 heavy (non-hydrogen) atoms. The van der Waals surface area contributed by atoms with Gasteiger partial charge in [0.15, 0.2) is 0 Å². The van der Waals surface area contributed by atoms with Gasteiger partial charge >= 0.3 is 19.5 Å². The summed E-state index contributed by atoms with van der Waals surface area (Å²) < 4.78 is 20.1. The summed E-state index contributed by atoms with van der Waals surface area (Å²) in [5.41, 5.74) is 0. The lowest BCUT2D eigenvalue weighted by Gasteiger charge is -2.13. The highest BCUT2D eigenvalue weighted by Crippen LogP contribution is 2.47. The average molecular weight is 194 g/mol. The van der Waals surface area contributed by atoms with Crippen LogP contribution in [0.25, 0.3) is 0 Å². The molecule has 6 heteroatoms. The zero-order valence-corrected chi connectivity index (χ0v) is 8.09. The van der Waals surface area contributed by atoms with E-state index in [-0.39, 0.29) is 6.16 Å². The van der Waals surface area contributed by atoms with Crippen LogP contribution in [0.2, 0.25) is 0 Å². The second-order valence-electron chi connectivity index (χ2n) is 2.09. The Morgan fingerprint density at radius 1 is 1.17 bits per heavy atom. The molecule has 0 aromatic rings. The molecule has 0 aliphatic carbocycles.